The average Bonchev–Trinajstić information content (AvgIpc) is 2.88. The van der Waals surface area contributed by atoms with Crippen LogP contribution in [0, 0.1) is 0 Å². The van der Waals surface area contributed by atoms with E-state index in [1.54, 1.807) is 30.5 Å². The monoisotopic (exact) mass is 499 g/mol. The van der Waals surface area contributed by atoms with Crippen molar-refractivity contribution in [3.63, 3.8) is 0 Å². The highest BCUT2D eigenvalue weighted by molar-refractivity contribution is 6.05. The van der Waals surface area contributed by atoms with Gasteiger partial charge in [-0.05, 0) is 56.1 Å². The average molecular weight is 500 g/mol. The van der Waals surface area contributed by atoms with Crippen molar-refractivity contribution in [1.82, 2.24) is 19.9 Å². The summed E-state index contributed by atoms with van der Waals surface area (Å²) in [5.74, 6) is -0.0552. The summed E-state index contributed by atoms with van der Waals surface area (Å²) in [7, 11) is 7.67. The number of fused-ring (bicyclic) bond motifs is 1. The number of anilines is 3. The van der Waals surface area contributed by atoms with E-state index in [2.05, 4.69) is 25.6 Å². The Balaban J connectivity index is 1.63. The van der Waals surface area contributed by atoms with Crippen LogP contribution in [-0.2, 0) is 0 Å². The Morgan fingerprint density at radius 1 is 0.973 bits per heavy atom. The minimum absolute atomic E-state index is 0.116. The van der Waals surface area contributed by atoms with Crippen LogP contribution in [0.3, 0.4) is 0 Å². The summed E-state index contributed by atoms with van der Waals surface area (Å²) in [5, 5.41) is 16.6. The van der Waals surface area contributed by atoms with Crippen LogP contribution in [0.2, 0.25) is 0 Å². The number of carbonyl (C=O) groups is 2. The third kappa shape index (κ3) is 5.99. The number of hydrogen-bond donors (Lipinski definition) is 3. The van der Waals surface area contributed by atoms with Crippen molar-refractivity contribution in [2.75, 3.05) is 50.3 Å². The number of aromatic nitrogens is 3. The number of nitrogens with one attached hydrogen (secondary N) is 2. The molecule has 10 heteroatoms. The van der Waals surface area contributed by atoms with Gasteiger partial charge < -0.3 is 25.5 Å². The number of benzene rings is 2. The molecule has 4 rings (SSSR count). The topological polar surface area (TPSA) is 124 Å². The molecule has 0 saturated heterocycles. The Morgan fingerprint density at radius 2 is 1.76 bits per heavy atom. The standard InChI is InChI=1S/C27H29N7O3/c1-33(2)15-22(32-25-20-9-6-10-21(27(36)37)24(20)29-16-30-25)17-7-5-8-19(13-17)31-26(35)18-11-12-28-23(14-18)34(3)4/h5-14,16,22H,15H2,1-4H3,(H,31,35)(H,36,37)(H,29,30,32). The molecule has 10 nitrogen and oxygen atoms in total. The molecular formula is C27H29N7O3. The lowest BCUT2D eigenvalue weighted by atomic mass is 10.0. The van der Waals surface area contributed by atoms with Gasteiger partial charge in [-0.15, -0.1) is 0 Å². The van der Waals surface area contributed by atoms with E-state index in [0.29, 0.717) is 40.3 Å². The van der Waals surface area contributed by atoms with Crippen LogP contribution in [0.15, 0.2) is 67.1 Å². The second-order valence-corrected chi connectivity index (χ2v) is 9.07. The number of aromatic carboxylic acids is 1. The fourth-order valence-electron chi connectivity index (χ4n) is 3.98. The van der Waals surface area contributed by atoms with Crippen LogP contribution < -0.4 is 15.5 Å². The van der Waals surface area contributed by atoms with Crippen molar-refractivity contribution in [3.8, 4) is 0 Å². The van der Waals surface area contributed by atoms with Crippen molar-refractivity contribution in [1.29, 1.82) is 0 Å². The molecule has 190 valence electrons. The van der Waals surface area contributed by atoms with E-state index in [9.17, 15) is 14.7 Å². The molecule has 1 amide bonds. The molecule has 0 aliphatic rings. The predicted octanol–water partition coefficient (Wildman–Crippen LogP) is 3.76. The van der Waals surface area contributed by atoms with Crippen molar-refractivity contribution in [3.05, 3.63) is 83.8 Å². The van der Waals surface area contributed by atoms with Gasteiger partial charge in [0.1, 0.15) is 18.0 Å². The Hall–Kier alpha value is -4.57. The maximum atomic E-state index is 12.9. The zero-order valence-corrected chi connectivity index (χ0v) is 21.1. The second kappa shape index (κ2) is 11.0. The Morgan fingerprint density at radius 3 is 2.49 bits per heavy atom. The van der Waals surface area contributed by atoms with E-state index in [-0.39, 0.29) is 17.5 Å². The zero-order valence-electron chi connectivity index (χ0n) is 21.1. The van der Waals surface area contributed by atoms with Gasteiger partial charge in [0.25, 0.3) is 5.91 Å². The summed E-state index contributed by atoms with van der Waals surface area (Å²) in [5.41, 5.74) is 2.57. The first-order valence-corrected chi connectivity index (χ1v) is 11.7. The Kier molecular flexibility index (Phi) is 7.59. The molecule has 2 heterocycles. The van der Waals surface area contributed by atoms with E-state index in [1.807, 2.05) is 62.3 Å². The minimum Gasteiger partial charge on any atom is -0.478 e. The lowest BCUT2D eigenvalue weighted by Gasteiger charge is -2.24. The summed E-state index contributed by atoms with van der Waals surface area (Å²) in [6, 6.07) is 15.8. The van der Waals surface area contributed by atoms with Crippen LogP contribution in [0.5, 0.6) is 0 Å². The van der Waals surface area contributed by atoms with E-state index in [0.717, 1.165) is 5.56 Å². The Bertz CT molecular complexity index is 1440. The molecule has 1 unspecified atom stereocenters. The van der Waals surface area contributed by atoms with Gasteiger partial charge in [0, 0.05) is 43.5 Å². The Labute approximate surface area is 215 Å². The van der Waals surface area contributed by atoms with E-state index >= 15 is 0 Å². The first-order chi connectivity index (χ1) is 17.7. The number of carboxylic acid groups (broad SMARTS) is 1. The van der Waals surface area contributed by atoms with Crippen LogP contribution in [-0.4, -0.2) is 71.6 Å². The summed E-state index contributed by atoms with van der Waals surface area (Å²) in [6.45, 7) is 0.623. The first kappa shape index (κ1) is 25.5. The summed E-state index contributed by atoms with van der Waals surface area (Å²) < 4.78 is 0. The quantitative estimate of drug-likeness (QED) is 0.316. The fraction of sp³-hybridized carbons (Fsp3) is 0.222. The van der Waals surface area contributed by atoms with Gasteiger partial charge in [-0.2, -0.15) is 0 Å². The third-order valence-corrected chi connectivity index (χ3v) is 5.77. The van der Waals surface area contributed by atoms with Gasteiger partial charge in [0.05, 0.1) is 17.1 Å². The molecule has 37 heavy (non-hydrogen) atoms. The molecule has 4 aromatic rings. The molecule has 0 aliphatic carbocycles. The molecule has 0 fully saturated rings. The minimum atomic E-state index is -1.05. The van der Waals surface area contributed by atoms with Crippen molar-refractivity contribution in [2.45, 2.75) is 6.04 Å². The lowest BCUT2D eigenvalue weighted by molar-refractivity contribution is 0.0698. The second-order valence-electron chi connectivity index (χ2n) is 9.07. The van der Waals surface area contributed by atoms with Gasteiger partial charge in [0.2, 0.25) is 0 Å². The van der Waals surface area contributed by atoms with Gasteiger partial charge in [-0.3, -0.25) is 4.79 Å². The van der Waals surface area contributed by atoms with Crippen LogP contribution in [0.25, 0.3) is 10.9 Å². The molecule has 0 aliphatic heterocycles. The SMILES string of the molecule is CN(C)CC(Nc1ncnc2c(C(=O)O)cccc12)c1cccc(NC(=O)c2ccnc(N(C)C)c2)c1. The summed E-state index contributed by atoms with van der Waals surface area (Å²) in [6.07, 6.45) is 2.97. The number of pyridine rings is 1. The van der Waals surface area contributed by atoms with Gasteiger partial charge >= 0.3 is 5.97 Å². The van der Waals surface area contributed by atoms with Gasteiger partial charge in [-0.25, -0.2) is 19.7 Å². The number of likely N-dealkylation sites (N-methyl/N-ethyl adjacent to an activating group) is 1. The number of rotatable bonds is 9. The number of nitrogens with zero attached hydrogens (tertiary/aromatic N) is 5. The largest absolute Gasteiger partial charge is 0.478 e. The van der Waals surface area contributed by atoms with Gasteiger partial charge in [-0.1, -0.05) is 18.2 Å². The maximum absolute atomic E-state index is 12.9. The number of carbonyl (C=O) groups excluding carboxylic acids is 1. The van der Waals surface area contributed by atoms with Crippen molar-refractivity contribution >= 4 is 40.1 Å². The molecule has 0 radical (unpaired) electrons. The molecule has 1 atom stereocenters. The number of para-hydroxylation sites is 1. The van der Waals surface area contributed by atoms with Crippen molar-refractivity contribution in [2.24, 2.45) is 0 Å². The molecule has 2 aromatic heterocycles. The van der Waals surface area contributed by atoms with Gasteiger partial charge in [0.15, 0.2) is 0 Å². The highest BCUT2D eigenvalue weighted by Crippen LogP contribution is 2.28. The van der Waals surface area contributed by atoms with Crippen molar-refractivity contribution < 1.29 is 14.7 Å². The summed E-state index contributed by atoms with van der Waals surface area (Å²) >= 11 is 0. The van der Waals surface area contributed by atoms with E-state index in [1.165, 1.54) is 12.4 Å². The number of amides is 1. The highest BCUT2D eigenvalue weighted by atomic mass is 16.4. The molecular weight excluding hydrogens is 470 g/mol. The molecule has 0 spiro atoms. The van der Waals surface area contributed by atoms with Crippen LogP contribution in [0.1, 0.15) is 32.3 Å². The molecule has 3 N–H and O–H groups in total. The fourth-order valence-corrected chi connectivity index (χ4v) is 3.98. The normalized spacial score (nSPS) is 11.8. The van der Waals surface area contributed by atoms with E-state index in [4.69, 9.17) is 0 Å². The lowest BCUT2D eigenvalue weighted by Crippen LogP contribution is -2.26. The first-order valence-electron chi connectivity index (χ1n) is 11.7. The smallest absolute Gasteiger partial charge is 0.337 e. The summed E-state index contributed by atoms with van der Waals surface area (Å²) in [4.78, 5) is 41.3. The zero-order chi connectivity index (χ0) is 26.5. The predicted molar refractivity (Wildman–Crippen MR) is 144 cm³/mol. The highest BCUT2D eigenvalue weighted by Gasteiger charge is 2.18. The molecule has 2 aromatic carbocycles. The number of hydrogen-bond acceptors (Lipinski definition) is 8. The third-order valence-electron chi connectivity index (χ3n) is 5.77. The maximum Gasteiger partial charge on any atom is 0.337 e. The van der Waals surface area contributed by atoms with Crippen LogP contribution in [0.4, 0.5) is 17.3 Å². The number of carboxylic acids is 1. The van der Waals surface area contributed by atoms with Crippen LogP contribution >= 0.6 is 0 Å². The molecule has 0 saturated carbocycles. The van der Waals surface area contributed by atoms with E-state index < -0.39 is 5.97 Å². The molecule has 0 bridgehead atoms.